The van der Waals surface area contributed by atoms with Gasteiger partial charge in [0.2, 0.25) is 5.91 Å². The number of amides is 1. The van der Waals surface area contributed by atoms with Gasteiger partial charge >= 0.3 is 0 Å². The van der Waals surface area contributed by atoms with Gasteiger partial charge in [-0.05, 0) is 36.4 Å². The van der Waals surface area contributed by atoms with Crippen LogP contribution in [0.5, 0.6) is 0 Å². The Hall–Kier alpha value is -3.53. The Morgan fingerprint density at radius 2 is 1.04 bits per heavy atom. The minimum Gasteiger partial charge on any atom is -0.370 e. The minimum atomic E-state index is -0.333. The van der Waals surface area contributed by atoms with Crippen LogP contribution in [0.2, 0.25) is 0 Å². The molecule has 1 amide bonds. The standard InChI is InChI=1S/C20H12N2.C2H5NO/c1-3-7-17-13(5-1)9-15-11-20-16(12-19(15)21-17)10-14-6-2-4-8-18(14)22-20;1-2(3)4/h1-12H;1H3,(H2,3,4). The number of benzene rings is 3. The monoisotopic (exact) mass is 339 g/mol. The van der Waals surface area contributed by atoms with Crippen LogP contribution in [0.1, 0.15) is 6.92 Å². The molecule has 0 unspecified atom stereocenters. The van der Waals surface area contributed by atoms with E-state index in [1.807, 2.05) is 24.3 Å². The summed E-state index contributed by atoms with van der Waals surface area (Å²) in [6.45, 7) is 1.31. The quantitative estimate of drug-likeness (QED) is 0.420. The molecule has 0 radical (unpaired) electrons. The summed E-state index contributed by atoms with van der Waals surface area (Å²) in [6.07, 6.45) is 0. The van der Waals surface area contributed by atoms with E-state index in [2.05, 4.69) is 54.3 Å². The highest BCUT2D eigenvalue weighted by molar-refractivity contribution is 6.02. The second-order valence-electron chi connectivity index (χ2n) is 6.21. The summed E-state index contributed by atoms with van der Waals surface area (Å²) < 4.78 is 0. The second-order valence-corrected chi connectivity index (χ2v) is 6.21. The summed E-state index contributed by atoms with van der Waals surface area (Å²) in [4.78, 5) is 18.8. The Morgan fingerprint density at radius 3 is 1.46 bits per heavy atom. The van der Waals surface area contributed by atoms with Crippen LogP contribution in [0.15, 0.2) is 72.8 Å². The van der Waals surface area contributed by atoms with Crippen LogP contribution in [-0.2, 0) is 4.79 Å². The number of aromatic nitrogens is 2. The van der Waals surface area contributed by atoms with Crippen LogP contribution in [0.3, 0.4) is 0 Å². The smallest absolute Gasteiger partial charge is 0.214 e. The first-order chi connectivity index (χ1) is 12.6. The molecule has 0 saturated carbocycles. The Bertz CT molecular complexity index is 1090. The van der Waals surface area contributed by atoms with Crippen molar-refractivity contribution in [3.63, 3.8) is 0 Å². The first-order valence-electron chi connectivity index (χ1n) is 8.35. The number of para-hydroxylation sites is 2. The van der Waals surface area contributed by atoms with E-state index < -0.39 is 0 Å². The molecule has 0 bridgehead atoms. The van der Waals surface area contributed by atoms with Gasteiger partial charge in [-0.1, -0.05) is 36.4 Å². The first-order valence-corrected chi connectivity index (χ1v) is 8.35. The SMILES string of the molecule is CC(N)=O.c1ccc2nc3cc4cc5ccccc5nc4cc3cc2c1. The normalized spacial score (nSPS) is 10.8. The van der Waals surface area contributed by atoms with Crippen LogP contribution in [-0.4, -0.2) is 15.9 Å². The molecule has 0 fully saturated rings. The van der Waals surface area contributed by atoms with E-state index in [-0.39, 0.29) is 5.91 Å². The van der Waals surface area contributed by atoms with E-state index in [9.17, 15) is 4.79 Å². The van der Waals surface area contributed by atoms with E-state index in [4.69, 9.17) is 9.97 Å². The van der Waals surface area contributed by atoms with E-state index >= 15 is 0 Å². The van der Waals surface area contributed by atoms with Crippen molar-refractivity contribution < 1.29 is 4.79 Å². The molecule has 0 atom stereocenters. The van der Waals surface area contributed by atoms with Crippen molar-refractivity contribution in [3.8, 4) is 0 Å². The Morgan fingerprint density at radius 1 is 0.654 bits per heavy atom. The molecule has 0 saturated heterocycles. The maximum atomic E-state index is 9.22. The molecule has 4 heteroatoms. The number of fused-ring (bicyclic) bond motifs is 4. The molecule has 2 N–H and O–H groups in total. The second kappa shape index (κ2) is 6.41. The predicted octanol–water partition coefficient (Wildman–Crippen LogP) is 4.58. The lowest BCUT2D eigenvalue weighted by atomic mass is 10.1. The van der Waals surface area contributed by atoms with Gasteiger partial charge in [-0.3, -0.25) is 4.79 Å². The zero-order valence-electron chi connectivity index (χ0n) is 14.3. The van der Waals surface area contributed by atoms with Crippen molar-refractivity contribution in [2.24, 2.45) is 5.73 Å². The lowest BCUT2D eigenvalue weighted by molar-refractivity contribution is -0.115. The number of rotatable bonds is 0. The van der Waals surface area contributed by atoms with Crippen LogP contribution in [0.4, 0.5) is 0 Å². The maximum Gasteiger partial charge on any atom is 0.214 e. The molecule has 5 aromatic rings. The van der Waals surface area contributed by atoms with E-state index in [0.717, 1.165) is 43.6 Å². The van der Waals surface area contributed by atoms with Crippen molar-refractivity contribution in [3.05, 3.63) is 72.8 Å². The molecule has 126 valence electrons. The average molecular weight is 339 g/mol. The Kier molecular flexibility index (Phi) is 3.93. The number of hydrogen-bond acceptors (Lipinski definition) is 3. The molecule has 0 spiro atoms. The van der Waals surface area contributed by atoms with Gasteiger partial charge in [-0.2, -0.15) is 0 Å². The largest absolute Gasteiger partial charge is 0.370 e. The molecule has 0 aliphatic carbocycles. The molecule has 26 heavy (non-hydrogen) atoms. The van der Waals surface area contributed by atoms with Crippen molar-refractivity contribution in [1.29, 1.82) is 0 Å². The molecule has 5 rings (SSSR count). The van der Waals surface area contributed by atoms with Crippen molar-refractivity contribution in [2.75, 3.05) is 0 Å². The highest BCUT2D eigenvalue weighted by atomic mass is 16.1. The first kappa shape index (κ1) is 16.0. The van der Waals surface area contributed by atoms with E-state index in [1.54, 1.807) is 0 Å². The number of pyridine rings is 2. The molecule has 2 heterocycles. The van der Waals surface area contributed by atoms with Gasteiger partial charge in [0.1, 0.15) is 0 Å². The van der Waals surface area contributed by atoms with Crippen LogP contribution >= 0.6 is 0 Å². The van der Waals surface area contributed by atoms with Crippen molar-refractivity contribution in [1.82, 2.24) is 9.97 Å². The number of carbonyl (C=O) groups excluding carboxylic acids is 1. The summed E-state index contributed by atoms with van der Waals surface area (Å²) in [7, 11) is 0. The van der Waals surface area contributed by atoms with Gasteiger partial charge in [0.25, 0.3) is 0 Å². The van der Waals surface area contributed by atoms with Gasteiger partial charge in [0.15, 0.2) is 0 Å². The molecule has 4 nitrogen and oxygen atoms in total. The number of carbonyl (C=O) groups is 1. The molecule has 0 aliphatic rings. The molecular weight excluding hydrogens is 322 g/mol. The topological polar surface area (TPSA) is 68.9 Å². The average Bonchev–Trinajstić information content (AvgIpc) is 2.62. The summed E-state index contributed by atoms with van der Waals surface area (Å²) in [5.41, 5.74) is 8.57. The number of primary amides is 1. The van der Waals surface area contributed by atoms with Gasteiger partial charge in [-0.25, -0.2) is 9.97 Å². The fourth-order valence-corrected chi connectivity index (χ4v) is 3.05. The third kappa shape index (κ3) is 3.05. The summed E-state index contributed by atoms with van der Waals surface area (Å²) in [5.74, 6) is -0.333. The Labute approximate surface area is 150 Å². The number of nitrogens with two attached hydrogens (primary N) is 1. The highest BCUT2D eigenvalue weighted by Crippen LogP contribution is 2.26. The van der Waals surface area contributed by atoms with Crippen LogP contribution < -0.4 is 5.73 Å². The summed E-state index contributed by atoms with van der Waals surface area (Å²) in [5, 5.41) is 4.59. The Balaban J connectivity index is 0.000000385. The number of hydrogen-bond donors (Lipinski definition) is 1. The molecule has 2 aromatic heterocycles. The molecule has 3 aromatic carbocycles. The zero-order valence-corrected chi connectivity index (χ0v) is 14.3. The lowest BCUT2D eigenvalue weighted by Crippen LogP contribution is -2.01. The molecular formula is C22H17N3O. The summed E-state index contributed by atoms with van der Waals surface area (Å²) >= 11 is 0. The fraction of sp³-hybridized carbons (Fsp3) is 0.0455. The maximum absolute atomic E-state index is 9.22. The highest BCUT2D eigenvalue weighted by Gasteiger charge is 2.04. The van der Waals surface area contributed by atoms with Crippen molar-refractivity contribution in [2.45, 2.75) is 6.92 Å². The van der Waals surface area contributed by atoms with Gasteiger partial charge in [-0.15, -0.1) is 0 Å². The fourth-order valence-electron chi connectivity index (χ4n) is 3.05. The predicted molar refractivity (Wildman–Crippen MR) is 107 cm³/mol. The number of nitrogens with zero attached hydrogens (tertiary/aromatic N) is 2. The van der Waals surface area contributed by atoms with Crippen molar-refractivity contribution >= 4 is 49.5 Å². The van der Waals surface area contributed by atoms with Gasteiger partial charge in [0.05, 0.1) is 22.1 Å². The summed E-state index contributed by atoms with van der Waals surface area (Å²) in [6, 6.07) is 25.1. The van der Waals surface area contributed by atoms with Gasteiger partial charge in [0, 0.05) is 28.5 Å². The lowest BCUT2D eigenvalue weighted by Gasteiger charge is -2.05. The third-order valence-corrected chi connectivity index (χ3v) is 4.15. The molecule has 0 aliphatic heterocycles. The van der Waals surface area contributed by atoms with E-state index in [0.29, 0.717) is 0 Å². The van der Waals surface area contributed by atoms with E-state index in [1.165, 1.54) is 6.92 Å². The van der Waals surface area contributed by atoms with Gasteiger partial charge < -0.3 is 5.73 Å². The minimum absolute atomic E-state index is 0.333. The van der Waals surface area contributed by atoms with Crippen LogP contribution in [0, 0.1) is 0 Å². The zero-order chi connectivity index (χ0) is 18.1. The third-order valence-electron chi connectivity index (χ3n) is 4.15. The van der Waals surface area contributed by atoms with Crippen LogP contribution in [0.25, 0.3) is 43.6 Å².